The van der Waals surface area contributed by atoms with Crippen LogP contribution in [0.25, 0.3) is 0 Å². The monoisotopic (exact) mass is 382 g/mol. The molecule has 0 saturated carbocycles. The average Bonchev–Trinajstić information content (AvgIpc) is 2.49. The van der Waals surface area contributed by atoms with Gasteiger partial charge in [-0.3, -0.25) is 4.79 Å². The van der Waals surface area contributed by atoms with Gasteiger partial charge in [0, 0.05) is 27.2 Å². The van der Waals surface area contributed by atoms with Gasteiger partial charge in [-0.25, -0.2) is 0 Å². The number of benzene rings is 2. The molecule has 0 saturated heterocycles. The highest BCUT2D eigenvalue weighted by molar-refractivity contribution is 9.10. The molecule has 0 N–H and O–H groups in total. The van der Waals surface area contributed by atoms with E-state index in [4.69, 9.17) is 11.6 Å². The van der Waals surface area contributed by atoms with Crippen molar-refractivity contribution in [2.24, 2.45) is 0 Å². The van der Waals surface area contributed by atoms with Gasteiger partial charge in [0.1, 0.15) is 0 Å². The zero-order valence-corrected chi connectivity index (χ0v) is 14.7. The van der Waals surface area contributed by atoms with Crippen LogP contribution in [0.3, 0.4) is 0 Å². The number of carbonyl (C=O) groups excluding carboxylic acids is 1. The van der Waals surface area contributed by atoms with E-state index in [1.165, 1.54) is 0 Å². The van der Waals surface area contributed by atoms with Crippen molar-refractivity contribution in [2.75, 3.05) is 5.75 Å². The Kier molecular flexibility index (Phi) is 6.81. The van der Waals surface area contributed by atoms with Crippen molar-refractivity contribution in [3.63, 3.8) is 0 Å². The van der Waals surface area contributed by atoms with Crippen LogP contribution >= 0.6 is 39.3 Å². The Balaban J connectivity index is 1.69. The molecule has 2 aromatic rings. The molecule has 0 fully saturated rings. The van der Waals surface area contributed by atoms with Gasteiger partial charge in [0.25, 0.3) is 0 Å². The van der Waals surface area contributed by atoms with Crippen LogP contribution in [-0.2, 0) is 5.75 Å². The molecule has 110 valence electrons. The van der Waals surface area contributed by atoms with E-state index in [0.717, 1.165) is 38.5 Å². The molecule has 0 aliphatic rings. The molecule has 2 aromatic carbocycles. The number of ketones is 1. The van der Waals surface area contributed by atoms with Crippen molar-refractivity contribution < 1.29 is 4.79 Å². The summed E-state index contributed by atoms with van der Waals surface area (Å²) in [6.07, 6.45) is 1.49. The zero-order valence-electron chi connectivity index (χ0n) is 11.5. The zero-order chi connectivity index (χ0) is 15.1. The lowest BCUT2D eigenvalue weighted by Gasteiger charge is -2.04. The van der Waals surface area contributed by atoms with Crippen LogP contribution in [-0.4, -0.2) is 11.5 Å². The van der Waals surface area contributed by atoms with Crippen LogP contribution in [0.4, 0.5) is 0 Å². The van der Waals surface area contributed by atoms with Gasteiger partial charge in [-0.1, -0.05) is 57.9 Å². The van der Waals surface area contributed by atoms with Gasteiger partial charge in [-0.05, 0) is 35.9 Å². The number of halogens is 2. The minimum atomic E-state index is 0.209. The van der Waals surface area contributed by atoms with Gasteiger partial charge in [-0.15, -0.1) is 0 Å². The predicted molar refractivity (Wildman–Crippen MR) is 95.3 cm³/mol. The van der Waals surface area contributed by atoms with Gasteiger partial charge in [0.05, 0.1) is 0 Å². The van der Waals surface area contributed by atoms with E-state index in [1.54, 1.807) is 0 Å². The summed E-state index contributed by atoms with van der Waals surface area (Å²) < 4.78 is 0.995. The molecular formula is C17H16BrClOS. The Morgan fingerprint density at radius 3 is 2.52 bits per heavy atom. The standard InChI is InChI=1S/C17H16BrClOS/c18-15-9-7-13(8-10-15)17(20)6-3-11-21-12-14-4-1-2-5-16(14)19/h1-2,4-5,7-10H,3,6,11-12H2. The largest absolute Gasteiger partial charge is 0.294 e. The van der Waals surface area contributed by atoms with Crippen molar-refractivity contribution in [3.05, 3.63) is 69.2 Å². The van der Waals surface area contributed by atoms with Crippen molar-refractivity contribution in [3.8, 4) is 0 Å². The number of carbonyl (C=O) groups is 1. The highest BCUT2D eigenvalue weighted by Crippen LogP contribution is 2.21. The predicted octanol–water partition coefficient (Wildman–Crippen LogP) is 6.00. The average molecular weight is 384 g/mol. The Labute approximate surface area is 143 Å². The number of rotatable bonds is 7. The van der Waals surface area contributed by atoms with Gasteiger partial charge < -0.3 is 0 Å². The van der Waals surface area contributed by atoms with E-state index in [1.807, 2.05) is 60.3 Å². The minimum absolute atomic E-state index is 0.209. The van der Waals surface area contributed by atoms with Crippen molar-refractivity contribution in [1.82, 2.24) is 0 Å². The topological polar surface area (TPSA) is 17.1 Å². The maximum atomic E-state index is 12.0. The van der Waals surface area contributed by atoms with E-state index < -0.39 is 0 Å². The molecule has 0 atom stereocenters. The first-order valence-corrected chi connectivity index (χ1v) is 9.09. The fraction of sp³-hybridized carbons (Fsp3) is 0.235. The third kappa shape index (κ3) is 5.50. The van der Waals surface area contributed by atoms with Crippen molar-refractivity contribution >= 4 is 45.1 Å². The molecule has 1 nitrogen and oxygen atoms in total. The van der Waals surface area contributed by atoms with Crippen LogP contribution in [0.5, 0.6) is 0 Å². The highest BCUT2D eigenvalue weighted by Gasteiger charge is 2.05. The van der Waals surface area contributed by atoms with Gasteiger partial charge in [-0.2, -0.15) is 11.8 Å². The first-order chi connectivity index (χ1) is 10.2. The molecule has 0 amide bonds. The van der Waals surface area contributed by atoms with Gasteiger partial charge in [0.2, 0.25) is 0 Å². The van der Waals surface area contributed by atoms with E-state index in [-0.39, 0.29) is 5.78 Å². The molecule has 2 rings (SSSR count). The molecule has 0 aliphatic carbocycles. The lowest BCUT2D eigenvalue weighted by molar-refractivity contribution is 0.0982. The fourth-order valence-corrected chi connectivity index (χ4v) is 3.42. The number of hydrogen-bond donors (Lipinski definition) is 0. The SMILES string of the molecule is O=C(CCCSCc1ccccc1Cl)c1ccc(Br)cc1. The number of hydrogen-bond acceptors (Lipinski definition) is 2. The normalized spacial score (nSPS) is 10.6. The van der Waals surface area contributed by atoms with E-state index in [2.05, 4.69) is 15.9 Å². The summed E-state index contributed by atoms with van der Waals surface area (Å²) in [5.41, 5.74) is 1.94. The molecule has 0 radical (unpaired) electrons. The lowest BCUT2D eigenvalue weighted by atomic mass is 10.1. The molecule has 0 unspecified atom stereocenters. The summed E-state index contributed by atoms with van der Waals surface area (Å²) >= 11 is 11.3. The maximum absolute atomic E-state index is 12.0. The smallest absolute Gasteiger partial charge is 0.162 e. The van der Waals surface area contributed by atoms with Gasteiger partial charge >= 0.3 is 0 Å². The van der Waals surface area contributed by atoms with E-state index in [0.29, 0.717) is 6.42 Å². The maximum Gasteiger partial charge on any atom is 0.162 e. The fourth-order valence-electron chi connectivity index (χ4n) is 1.91. The van der Waals surface area contributed by atoms with Crippen LogP contribution in [0, 0.1) is 0 Å². The number of thioether (sulfide) groups is 1. The van der Waals surface area contributed by atoms with Crippen LogP contribution in [0.15, 0.2) is 53.0 Å². The first-order valence-electron chi connectivity index (χ1n) is 6.77. The van der Waals surface area contributed by atoms with E-state index in [9.17, 15) is 4.79 Å². The van der Waals surface area contributed by atoms with Crippen LogP contribution in [0.2, 0.25) is 5.02 Å². The Bertz CT molecular complexity index is 598. The van der Waals surface area contributed by atoms with Crippen molar-refractivity contribution in [2.45, 2.75) is 18.6 Å². The summed E-state index contributed by atoms with van der Waals surface area (Å²) in [7, 11) is 0. The second-order valence-electron chi connectivity index (χ2n) is 4.68. The quantitative estimate of drug-likeness (QED) is 0.431. The molecule has 0 aromatic heterocycles. The van der Waals surface area contributed by atoms with Crippen molar-refractivity contribution in [1.29, 1.82) is 0 Å². The highest BCUT2D eigenvalue weighted by atomic mass is 79.9. The molecule has 0 heterocycles. The lowest BCUT2D eigenvalue weighted by Crippen LogP contribution is -1.99. The molecule has 0 bridgehead atoms. The summed E-state index contributed by atoms with van der Waals surface area (Å²) in [5, 5.41) is 0.816. The Morgan fingerprint density at radius 1 is 1.10 bits per heavy atom. The molecule has 0 spiro atoms. The van der Waals surface area contributed by atoms with Crippen LogP contribution < -0.4 is 0 Å². The summed E-state index contributed by atoms with van der Waals surface area (Å²) in [4.78, 5) is 12.0. The summed E-state index contributed by atoms with van der Waals surface area (Å²) in [5.74, 6) is 2.07. The molecule has 0 aliphatic heterocycles. The second-order valence-corrected chi connectivity index (χ2v) is 7.11. The third-order valence-electron chi connectivity index (χ3n) is 3.07. The minimum Gasteiger partial charge on any atom is -0.294 e. The van der Waals surface area contributed by atoms with E-state index >= 15 is 0 Å². The molecule has 4 heteroatoms. The summed E-state index contributed by atoms with van der Waals surface area (Å²) in [6.45, 7) is 0. The van der Waals surface area contributed by atoms with Gasteiger partial charge in [0.15, 0.2) is 5.78 Å². The first kappa shape index (κ1) is 16.6. The summed E-state index contributed by atoms with van der Waals surface area (Å²) in [6, 6.07) is 15.4. The second kappa shape index (κ2) is 8.62. The Morgan fingerprint density at radius 2 is 1.81 bits per heavy atom. The Hall–Kier alpha value is -0.770. The molecule has 21 heavy (non-hydrogen) atoms. The van der Waals surface area contributed by atoms with Crippen LogP contribution in [0.1, 0.15) is 28.8 Å². The molecular weight excluding hydrogens is 368 g/mol. The third-order valence-corrected chi connectivity index (χ3v) is 5.06. The number of Topliss-reactive ketones (excluding diaryl/α,β-unsaturated/α-hetero) is 1.